The molecule has 0 atom stereocenters. The Hall–Kier alpha value is -1.99. The molecule has 21 heavy (non-hydrogen) atoms. The first kappa shape index (κ1) is 14.0. The van der Waals surface area contributed by atoms with E-state index in [9.17, 15) is 9.18 Å². The molecule has 2 aromatic rings. The van der Waals surface area contributed by atoms with Crippen LogP contribution in [0.3, 0.4) is 0 Å². The summed E-state index contributed by atoms with van der Waals surface area (Å²) in [7, 11) is 0. The zero-order valence-corrected chi connectivity index (χ0v) is 11.9. The van der Waals surface area contributed by atoms with Crippen LogP contribution in [0, 0.1) is 5.82 Å². The number of benzene rings is 1. The molecule has 3 rings (SSSR count). The van der Waals surface area contributed by atoms with Gasteiger partial charge in [0.25, 0.3) is 5.91 Å². The maximum Gasteiger partial charge on any atom is 0.264 e. The summed E-state index contributed by atoms with van der Waals surface area (Å²) in [6.45, 7) is 1.07. The Morgan fingerprint density at radius 3 is 3.00 bits per heavy atom. The lowest BCUT2D eigenvalue weighted by Crippen LogP contribution is -2.20. The highest BCUT2D eigenvalue weighted by Crippen LogP contribution is 2.26. The van der Waals surface area contributed by atoms with Gasteiger partial charge in [0.05, 0.1) is 23.8 Å². The van der Waals surface area contributed by atoms with Crippen molar-refractivity contribution in [1.82, 2.24) is 4.98 Å². The smallest absolute Gasteiger partial charge is 0.264 e. The topological polar surface area (TPSA) is 60.5 Å². The van der Waals surface area contributed by atoms with Gasteiger partial charge in [0.15, 0.2) is 11.7 Å². The Bertz CT molecular complexity index is 619. The molecule has 1 N–H and O–H groups in total. The van der Waals surface area contributed by atoms with E-state index in [4.69, 9.17) is 9.47 Å². The van der Waals surface area contributed by atoms with Gasteiger partial charge in [-0.3, -0.25) is 10.1 Å². The number of nitrogens with one attached hydrogen (secondary N) is 1. The predicted molar refractivity (Wildman–Crippen MR) is 76.0 cm³/mol. The summed E-state index contributed by atoms with van der Waals surface area (Å²) in [5, 5.41) is 3.25. The lowest BCUT2D eigenvalue weighted by molar-refractivity contribution is -0.118. The molecule has 1 amide bonds. The van der Waals surface area contributed by atoms with E-state index in [1.54, 1.807) is 0 Å². The number of ether oxygens (including phenoxy) is 2. The van der Waals surface area contributed by atoms with Gasteiger partial charge in [0, 0.05) is 6.42 Å². The molecule has 0 radical (unpaired) electrons. The van der Waals surface area contributed by atoms with Crippen molar-refractivity contribution in [3.63, 3.8) is 0 Å². The summed E-state index contributed by atoms with van der Waals surface area (Å²) < 4.78 is 23.3. The Morgan fingerprint density at radius 2 is 2.24 bits per heavy atom. The molecule has 0 unspecified atom stereocenters. The van der Waals surface area contributed by atoms with Crippen molar-refractivity contribution in [2.45, 2.75) is 13.0 Å². The van der Waals surface area contributed by atoms with Gasteiger partial charge in [-0.05, 0) is 24.3 Å². The van der Waals surface area contributed by atoms with E-state index in [-0.39, 0.29) is 18.3 Å². The van der Waals surface area contributed by atoms with E-state index in [1.807, 2.05) is 0 Å². The zero-order chi connectivity index (χ0) is 14.7. The van der Waals surface area contributed by atoms with Crippen molar-refractivity contribution in [2.75, 3.05) is 18.5 Å². The molecule has 1 aliphatic heterocycles. The number of aromatic nitrogens is 1. The van der Waals surface area contributed by atoms with Gasteiger partial charge < -0.3 is 9.47 Å². The second-order valence-corrected chi connectivity index (χ2v) is 5.57. The van der Waals surface area contributed by atoms with Crippen LogP contribution in [0.4, 0.5) is 9.52 Å². The highest BCUT2D eigenvalue weighted by Gasteiger charge is 2.16. The molecular weight excluding hydrogens is 295 g/mol. The molecule has 0 spiro atoms. The minimum absolute atomic E-state index is 0.146. The van der Waals surface area contributed by atoms with E-state index in [1.165, 1.54) is 35.6 Å². The van der Waals surface area contributed by atoms with E-state index in [0.29, 0.717) is 24.1 Å². The van der Waals surface area contributed by atoms with Crippen LogP contribution in [0.15, 0.2) is 24.3 Å². The molecule has 2 heterocycles. The number of carbonyl (C=O) groups is 1. The highest BCUT2D eigenvalue weighted by molar-refractivity contribution is 7.15. The van der Waals surface area contributed by atoms with Gasteiger partial charge in [-0.2, -0.15) is 0 Å². The minimum Gasteiger partial charge on any atom is -0.484 e. The number of hydrogen-bond acceptors (Lipinski definition) is 5. The van der Waals surface area contributed by atoms with Crippen LogP contribution in [0.25, 0.3) is 0 Å². The fourth-order valence-corrected chi connectivity index (χ4v) is 2.88. The first-order valence-corrected chi connectivity index (χ1v) is 7.27. The summed E-state index contributed by atoms with van der Waals surface area (Å²) >= 11 is 1.41. The van der Waals surface area contributed by atoms with Crippen molar-refractivity contribution >= 4 is 22.4 Å². The molecule has 0 bridgehead atoms. The third-order valence-corrected chi connectivity index (χ3v) is 3.91. The summed E-state index contributed by atoms with van der Waals surface area (Å²) in [6.07, 6.45) is 0.772. The molecule has 0 aliphatic carbocycles. The second-order valence-electron chi connectivity index (χ2n) is 4.48. The van der Waals surface area contributed by atoms with Crippen LogP contribution in [-0.4, -0.2) is 24.1 Å². The standard InChI is InChI=1S/C14H13FN2O3S/c15-9-1-3-10(4-2-9)20-8-13(18)17-14-16-11-5-6-19-7-12(11)21-14/h1-4H,5-8H2,(H,16,17,18). The van der Waals surface area contributed by atoms with E-state index in [0.717, 1.165) is 17.0 Å². The molecule has 1 aliphatic rings. The molecule has 1 aromatic carbocycles. The SMILES string of the molecule is O=C(COc1ccc(F)cc1)Nc1nc2c(s1)COCC2. The van der Waals surface area contributed by atoms with Crippen LogP contribution in [0.2, 0.25) is 0 Å². The molecule has 1 aromatic heterocycles. The second kappa shape index (κ2) is 6.19. The summed E-state index contributed by atoms with van der Waals surface area (Å²) in [5.41, 5.74) is 0.987. The summed E-state index contributed by atoms with van der Waals surface area (Å²) in [5.74, 6) is -0.202. The summed E-state index contributed by atoms with van der Waals surface area (Å²) in [4.78, 5) is 17.2. The van der Waals surface area contributed by atoms with Crippen molar-refractivity contribution in [3.8, 4) is 5.75 Å². The third kappa shape index (κ3) is 3.56. The van der Waals surface area contributed by atoms with Gasteiger partial charge in [0.1, 0.15) is 11.6 Å². The monoisotopic (exact) mass is 308 g/mol. The average Bonchev–Trinajstić information content (AvgIpc) is 2.88. The minimum atomic E-state index is -0.345. The van der Waals surface area contributed by atoms with E-state index < -0.39 is 0 Å². The Kier molecular flexibility index (Phi) is 4.12. The lowest BCUT2D eigenvalue weighted by atomic mass is 10.2. The quantitative estimate of drug-likeness (QED) is 0.942. The molecule has 7 heteroatoms. The number of thiazole rings is 1. The van der Waals surface area contributed by atoms with Crippen LogP contribution >= 0.6 is 11.3 Å². The number of halogens is 1. The lowest BCUT2D eigenvalue weighted by Gasteiger charge is -2.08. The number of rotatable bonds is 4. The predicted octanol–water partition coefficient (Wildman–Crippen LogP) is 2.37. The first-order valence-electron chi connectivity index (χ1n) is 6.45. The Balaban J connectivity index is 1.54. The van der Waals surface area contributed by atoms with E-state index >= 15 is 0 Å². The van der Waals surface area contributed by atoms with Gasteiger partial charge in [-0.15, -0.1) is 0 Å². The molecule has 0 saturated heterocycles. The summed E-state index contributed by atoms with van der Waals surface area (Å²) in [6, 6.07) is 5.51. The number of carbonyl (C=O) groups excluding carboxylic acids is 1. The zero-order valence-electron chi connectivity index (χ0n) is 11.1. The number of amides is 1. The van der Waals surface area contributed by atoms with Crippen molar-refractivity contribution < 1.29 is 18.7 Å². The van der Waals surface area contributed by atoms with Crippen LogP contribution < -0.4 is 10.1 Å². The van der Waals surface area contributed by atoms with Crippen LogP contribution in [0.1, 0.15) is 10.6 Å². The van der Waals surface area contributed by atoms with Crippen molar-refractivity contribution in [1.29, 1.82) is 0 Å². The Morgan fingerprint density at radius 1 is 1.43 bits per heavy atom. The van der Waals surface area contributed by atoms with E-state index in [2.05, 4.69) is 10.3 Å². The maximum atomic E-state index is 12.7. The fraction of sp³-hybridized carbons (Fsp3) is 0.286. The molecule has 5 nitrogen and oxygen atoms in total. The molecule has 110 valence electrons. The molecule has 0 fully saturated rings. The van der Waals surface area contributed by atoms with Crippen LogP contribution in [0.5, 0.6) is 5.75 Å². The molecular formula is C14H13FN2O3S. The molecule has 0 saturated carbocycles. The largest absolute Gasteiger partial charge is 0.484 e. The normalized spacial score (nSPS) is 13.6. The van der Waals surface area contributed by atoms with Gasteiger partial charge in [0.2, 0.25) is 0 Å². The Labute approximate surface area is 124 Å². The number of anilines is 1. The number of fused-ring (bicyclic) bond motifs is 1. The van der Waals surface area contributed by atoms with Gasteiger partial charge >= 0.3 is 0 Å². The third-order valence-electron chi connectivity index (χ3n) is 2.92. The van der Waals surface area contributed by atoms with Gasteiger partial charge in [-0.25, -0.2) is 9.37 Å². The van der Waals surface area contributed by atoms with Gasteiger partial charge in [-0.1, -0.05) is 11.3 Å². The van der Waals surface area contributed by atoms with Crippen molar-refractivity contribution in [2.24, 2.45) is 0 Å². The maximum absolute atomic E-state index is 12.7. The first-order chi connectivity index (χ1) is 10.2. The van der Waals surface area contributed by atoms with Crippen molar-refractivity contribution in [3.05, 3.63) is 40.7 Å². The fourth-order valence-electron chi connectivity index (χ4n) is 1.91. The average molecular weight is 308 g/mol. The number of hydrogen-bond donors (Lipinski definition) is 1. The number of nitrogens with zero attached hydrogens (tertiary/aromatic N) is 1. The highest BCUT2D eigenvalue weighted by atomic mass is 32.1. The van der Waals surface area contributed by atoms with Crippen LogP contribution in [-0.2, 0) is 22.6 Å².